The molecule has 42 heavy (non-hydrogen) atoms. The maximum atomic E-state index is 14.7. The van der Waals surface area contributed by atoms with Gasteiger partial charge in [0.05, 0.1) is 23.5 Å². The second kappa shape index (κ2) is 9.77. The van der Waals surface area contributed by atoms with Crippen LogP contribution in [0.1, 0.15) is 43.4 Å². The van der Waals surface area contributed by atoms with Gasteiger partial charge in [0.25, 0.3) is 0 Å². The van der Waals surface area contributed by atoms with Crippen LogP contribution in [-0.4, -0.2) is 35.5 Å². The van der Waals surface area contributed by atoms with Gasteiger partial charge in [-0.1, -0.05) is 42.5 Å². The molecule has 0 unspecified atom stereocenters. The second-order valence-corrected chi connectivity index (χ2v) is 11.5. The highest BCUT2D eigenvalue weighted by Crippen LogP contribution is 2.62. The fraction of sp³-hybridized carbons (Fsp3) is 0.147. The summed E-state index contributed by atoms with van der Waals surface area (Å²) in [7, 11) is 1.54. The van der Waals surface area contributed by atoms with Crippen LogP contribution in [0.3, 0.4) is 0 Å². The molecule has 3 aliphatic heterocycles. The molecular weight excluding hydrogens is 599 g/mol. The Hall–Kier alpha value is -4.56. The summed E-state index contributed by atoms with van der Waals surface area (Å²) in [4.78, 5) is 45.7. The van der Waals surface area contributed by atoms with Gasteiger partial charge in [-0.3, -0.25) is 14.4 Å². The van der Waals surface area contributed by atoms with Crippen molar-refractivity contribution in [2.45, 2.75) is 17.5 Å². The molecule has 3 aliphatic rings. The Morgan fingerprint density at radius 2 is 1.64 bits per heavy atom. The number of anilines is 1. The lowest BCUT2D eigenvalue weighted by Gasteiger charge is -2.38. The van der Waals surface area contributed by atoms with E-state index in [1.807, 2.05) is 65.7 Å². The summed E-state index contributed by atoms with van der Waals surface area (Å²) in [5.74, 6) is -2.14. The Morgan fingerprint density at radius 1 is 0.929 bits per heavy atom. The third-order valence-electron chi connectivity index (χ3n) is 8.69. The first-order valence-corrected chi connectivity index (χ1v) is 14.3. The zero-order chi connectivity index (χ0) is 29.2. The van der Waals surface area contributed by atoms with Crippen molar-refractivity contribution in [3.63, 3.8) is 0 Å². The fourth-order valence-electron chi connectivity index (χ4n) is 6.95. The maximum Gasteiger partial charge on any atom is 0.238 e. The molecule has 1 N–H and O–H groups in total. The summed E-state index contributed by atoms with van der Waals surface area (Å²) < 4.78 is 19.9. The van der Waals surface area contributed by atoms with Crippen molar-refractivity contribution in [2.24, 2.45) is 5.92 Å². The van der Waals surface area contributed by atoms with E-state index < -0.39 is 35.0 Å². The smallest absolute Gasteiger partial charge is 0.238 e. The molecule has 0 aliphatic carbocycles. The molecule has 1 saturated heterocycles. The summed E-state index contributed by atoms with van der Waals surface area (Å²) in [6.07, 6.45) is 3.73. The van der Waals surface area contributed by atoms with Gasteiger partial charge in [-0.05, 0) is 87.2 Å². The number of nitrogens with one attached hydrogen (secondary N) is 1. The van der Waals surface area contributed by atoms with E-state index in [-0.39, 0.29) is 17.3 Å². The van der Waals surface area contributed by atoms with E-state index >= 15 is 0 Å². The number of hydrogen-bond acceptors (Lipinski definition) is 5. The van der Waals surface area contributed by atoms with E-state index in [4.69, 9.17) is 4.74 Å². The maximum absolute atomic E-state index is 14.7. The van der Waals surface area contributed by atoms with Gasteiger partial charge in [0.2, 0.25) is 5.91 Å². The number of ketones is 2. The molecule has 7 rings (SSSR count). The number of para-hydroxylation sites is 1. The molecule has 0 aromatic heterocycles. The first-order valence-electron chi connectivity index (χ1n) is 13.5. The lowest BCUT2D eigenvalue weighted by Crippen LogP contribution is -2.49. The number of carbonyl (C=O) groups is 3. The Bertz CT molecular complexity index is 1820. The number of amides is 1. The average Bonchev–Trinajstić information content (AvgIpc) is 3.49. The van der Waals surface area contributed by atoms with Crippen LogP contribution in [0.5, 0.6) is 5.75 Å². The molecule has 1 amide bonds. The zero-order valence-corrected chi connectivity index (χ0v) is 24.0. The normalized spacial score (nSPS) is 23.3. The first kappa shape index (κ1) is 26.3. The molecule has 3 heterocycles. The summed E-state index contributed by atoms with van der Waals surface area (Å²) in [6.45, 7) is 0. The third-order valence-corrected chi connectivity index (χ3v) is 9.31. The lowest BCUT2D eigenvalue weighted by atomic mass is 9.62. The van der Waals surface area contributed by atoms with Crippen molar-refractivity contribution < 1.29 is 23.5 Å². The number of rotatable bonds is 5. The van der Waals surface area contributed by atoms with Crippen LogP contribution < -0.4 is 10.1 Å². The summed E-state index contributed by atoms with van der Waals surface area (Å²) in [6, 6.07) is 23.6. The topological polar surface area (TPSA) is 75.7 Å². The predicted octanol–water partition coefficient (Wildman–Crippen LogP) is 6.58. The van der Waals surface area contributed by atoms with Crippen LogP contribution in [0.2, 0.25) is 0 Å². The summed E-state index contributed by atoms with van der Waals surface area (Å²) >= 11 is 3.48. The van der Waals surface area contributed by atoms with E-state index in [0.29, 0.717) is 27.0 Å². The van der Waals surface area contributed by atoms with Gasteiger partial charge in [-0.2, -0.15) is 0 Å². The largest absolute Gasteiger partial charge is 0.496 e. The first-order chi connectivity index (χ1) is 20.4. The van der Waals surface area contributed by atoms with E-state index in [0.717, 1.165) is 11.1 Å². The van der Waals surface area contributed by atoms with Gasteiger partial charge >= 0.3 is 0 Å². The highest BCUT2D eigenvalue weighted by atomic mass is 79.9. The zero-order valence-electron chi connectivity index (χ0n) is 22.4. The minimum atomic E-state index is -1.45. The van der Waals surface area contributed by atoms with Crippen molar-refractivity contribution in [3.8, 4) is 5.75 Å². The van der Waals surface area contributed by atoms with E-state index in [1.54, 1.807) is 18.2 Å². The van der Waals surface area contributed by atoms with Crippen LogP contribution in [0.15, 0.2) is 102 Å². The monoisotopic (exact) mass is 622 g/mol. The molecule has 6 nitrogen and oxygen atoms in total. The van der Waals surface area contributed by atoms with Crippen molar-refractivity contribution in [1.29, 1.82) is 0 Å². The number of hydrogen-bond donors (Lipinski definition) is 1. The highest BCUT2D eigenvalue weighted by molar-refractivity contribution is 9.10. The van der Waals surface area contributed by atoms with Crippen molar-refractivity contribution >= 4 is 45.2 Å². The standard InChI is InChI=1S/C34H24BrFN2O4/c1-42-27-15-12-21(18-25(27)35)31(40)29-28(30(39)20-10-13-22(36)14-11-20)34(24-8-4-5-9-26(24)37-33(34)41)32-23-7-3-2-6-19(23)16-17-38(29)32/h2-18,28-29,32H,1H3,(H,37,41)/t28-,29-,32+,34+/m0/s1. The van der Waals surface area contributed by atoms with Gasteiger partial charge < -0.3 is 15.0 Å². The lowest BCUT2D eigenvalue weighted by molar-refractivity contribution is -0.122. The Morgan fingerprint density at radius 3 is 2.40 bits per heavy atom. The number of Topliss-reactive ketones (excluding diaryl/α,β-unsaturated/α-hetero) is 2. The van der Waals surface area contributed by atoms with Crippen molar-refractivity contribution in [1.82, 2.24) is 4.90 Å². The molecule has 1 spiro atoms. The second-order valence-electron chi connectivity index (χ2n) is 10.7. The number of halogens is 2. The van der Waals surface area contributed by atoms with Gasteiger partial charge in [-0.25, -0.2) is 4.39 Å². The van der Waals surface area contributed by atoms with Crippen molar-refractivity contribution in [3.05, 3.63) is 135 Å². The van der Waals surface area contributed by atoms with Crippen LogP contribution in [0.25, 0.3) is 6.08 Å². The van der Waals surface area contributed by atoms with Crippen LogP contribution in [0.4, 0.5) is 10.1 Å². The molecule has 4 atom stereocenters. The van der Waals surface area contributed by atoms with E-state index in [1.165, 1.54) is 31.4 Å². The SMILES string of the molecule is COc1ccc(C(=O)[C@@H]2[C@@H](C(=O)c3ccc(F)cc3)[C@@]3(C(=O)Nc4ccccc43)[C@H]3c4ccccc4C=CN23)cc1Br. The molecule has 4 aromatic carbocycles. The van der Waals surface area contributed by atoms with Crippen LogP contribution >= 0.6 is 15.9 Å². The molecule has 8 heteroatoms. The summed E-state index contributed by atoms with van der Waals surface area (Å²) in [5.41, 5.74) is 2.14. The molecule has 1 fully saturated rings. The van der Waals surface area contributed by atoms with Gasteiger partial charge in [0.15, 0.2) is 11.6 Å². The number of carbonyl (C=O) groups excluding carboxylic acids is 3. The number of fused-ring (bicyclic) bond motifs is 6. The van der Waals surface area contributed by atoms with Crippen molar-refractivity contribution in [2.75, 3.05) is 12.4 Å². The number of benzene rings is 4. The van der Waals surface area contributed by atoms with Gasteiger partial charge in [-0.15, -0.1) is 0 Å². The Kier molecular flexibility index (Phi) is 6.13. The minimum absolute atomic E-state index is 0.226. The molecule has 4 aromatic rings. The minimum Gasteiger partial charge on any atom is -0.496 e. The van der Waals surface area contributed by atoms with Gasteiger partial charge in [0.1, 0.15) is 23.0 Å². The Balaban J connectivity index is 1.52. The molecule has 0 saturated carbocycles. The number of nitrogens with zero attached hydrogens (tertiary/aromatic N) is 1. The van der Waals surface area contributed by atoms with E-state index in [9.17, 15) is 18.8 Å². The molecule has 208 valence electrons. The molecular formula is C34H24BrFN2O4. The Labute approximate surface area is 249 Å². The third kappa shape index (κ3) is 3.64. The number of methoxy groups -OCH3 is 1. The van der Waals surface area contributed by atoms with Gasteiger partial charge in [0, 0.05) is 23.0 Å². The average molecular weight is 623 g/mol. The number of ether oxygens (including phenoxy) is 1. The fourth-order valence-corrected chi connectivity index (χ4v) is 7.49. The van der Waals surface area contributed by atoms with Crippen LogP contribution in [0, 0.1) is 11.7 Å². The van der Waals surface area contributed by atoms with Crippen LogP contribution in [-0.2, 0) is 10.2 Å². The highest BCUT2D eigenvalue weighted by Gasteiger charge is 2.70. The quantitative estimate of drug-likeness (QED) is 0.255. The molecule has 0 radical (unpaired) electrons. The summed E-state index contributed by atoms with van der Waals surface area (Å²) in [5, 5.41) is 3.03. The van der Waals surface area contributed by atoms with E-state index in [2.05, 4.69) is 21.2 Å². The predicted molar refractivity (Wildman–Crippen MR) is 160 cm³/mol. The molecule has 0 bridgehead atoms.